The number of halogens is 1. The standard InChI is InChI=1S/C19H21ClN2O3/c1-3-12(2)14-6-4-5-7-17(14)25-11-18(23)22-13-8-9-15(19(21)24)16(20)10-13/h4-10,12H,3,11H2,1-2H3,(H2,21,24)(H,22,23). The van der Waals surface area contributed by atoms with Crippen LogP contribution in [0.25, 0.3) is 0 Å². The number of nitrogens with two attached hydrogens (primary N) is 1. The number of hydrogen-bond acceptors (Lipinski definition) is 3. The number of rotatable bonds is 7. The zero-order chi connectivity index (χ0) is 18.4. The normalized spacial score (nSPS) is 11.6. The van der Waals surface area contributed by atoms with E-state index in [-0.39, 0.29) is 23.1 Å². The molecule has 0 aliphatic rings. The summed E-state index contributed by atoms with van der Waals surface area (Å²) in [6.45, 7) is 4.10. The van der Waals surface area contributed by atoms with Gasteiger partial charge < -0.3 is 15.8 Å². The summed E-state index contributed by atoms with van der Waals surface area (Å²) < 4.78 is 5.67. The zero-order valence-electron chi connectivity index (χ0n) is 14.2. The third-order valence-electron chi connectivity index (χ3n) is 3.94. The lowest BCUT2D eigenvalue weighted by Crippen LogP contribution is -2.21. The number of carbonyl (C=O) groups is 2. The van der Waals surface area contributed by atoms with Crippen molar-refractivity contribution in [1.82, 2.24) is 0 Å². The molecule has 5 nitrogen and oxygen atoms in total. The van der Waals surface area contributed by atoms with Crippen molar-refractivity contribution in [2.45, 2.75) is 26.2 Å². The van der Waals surface area contributed by atoms with E-state index in [1.54, 1.807) is 6.07 Å². The Morgan fingerprint density at radius 3 is 2.60 bits per heavy atom. The number of ether oxygens (including phenoxy) is 1. The van der Waals surface area contributed by atoms with Gasteiger partial charge in [-0.2, -0.15) is 0 Å². The lowest BCUT2D eigenvalue weighted by molar-refractivity contribution is -0.118. The van der Waals surface area contributed by atoms with E-state index in [2.05, 4.69) is 19.2 Å². The molecule has 2 aromatic rings. The van der Waals surface area contributed by atoms with Gasteiger partial charge in [0.05, 0.1) is 10.6 Å². The molecule has 0 saturated carbocycles. The monoisotopic (exact) mass is 360 g/mol. The highest BCUT2D eigenvalue weighted by molar-refractivity contribution is 6.34. The molecule has 0 aliphatic carbocycles. The molecule has 0 fully saturated rings. The highest BCUT2D eigenvalue weighted by Crippen LogP contribution is 2.28. The highest BCUT2D eigenvalue weighted by Gasteiger charge is 2.12. The number of anilines is 1. The fraction of sp³-hybridized carbons (Fsp3) is 0.263. The van der Waals surface area contributed by atoms with Crippen molar-refractivity contribution >= 4 is 29.1 Å². The maximum Gasteiger partial charge on any atom is 0.262 e. The van der Waals surface area contributed by atoms with E-state index in [1.165, 1.54) is 12.1 Å². The van der Waals surface area contributed by atoms with E-state index >= 15 is 0 Å². The van der Waals surface area contributed by atoms with E-state index in [4.69, 9.17) is 22.1 Å². The molecule has 2 amide bonds. The van der Waals surface area contributed by atoms with E-state index in [9.17, 15) is 9.59 Å². The van der Waals surface area contributed by atoms with Crippen LogP contribution in [-0.4, -0.2) is 18.4 Å². The minimum Gasteiger partial charge on any atom is -0.483 e. The van der Waals surface area contributed by atoms with E-state index in [0.29, 0.717) is 17.4 Å². The summed E-state index contributed by atoms with van der Waals surface area (Å²) in [6, 6.07) is 12.2. The van der Waals surface area contributed by atoms with Crippen molar-refractivity contribution in [3.63, 3.8) is 0 Å². The Morgan fingerprint density at radius 2 is 1.96 bits per heavy atom. The molecule has 2 rings (SSSR count). The van der Waals surface area contributed by atoms with E-state index in [1.807, 2.05) is 24.3 Å². The first-order valence-corrected chi connectivity index (χ1v) is 8.41. The molecule has 0 spiro atoms. The van der Waals surface area contributed by atoms with Gasteiger partial charge in [0.1, 0.15) is 5.75 Å². The Morgan fingerprint density at radius 1 is 1.24 bits per heavy atom. The largest absolute Gasteiger partial charge is 0.483 e. The number of nitrogens with one attached hydrogen (secondary N) is 1. The Kier molecular flexibility index (Phi) is 6.42. The summed E-state index contributed by atoms with van der Waals surface area (Å²) in [4.78, 5) is 23.3. The topological polar surface area (TPSA) is 81.4 Å². The van der Waals surface area contributed by atoms with Crippen LogP contribution in [0, 0.1) is 0 Å². The van der Waals surface area contributed by atoms with E-state index in [0.717, 1.165) is 12.0 Å². The lowest BCUT2D eigenvalue weighted by Gasteiger charge is -2.15. The van der Waals surface area contributed by atoms with Gasteiger partial charge in [-0.3, -0.25) is 9.59 Å². The predicted molar refractivity (Wildman–Crippen MR) is 99.2 cm³/mol. The van der Waals surface area contributed by atoms with Crippen molar-refractivity contribution in [3.8, 4) is 5.75 Å². The summed E-state index contributed by atoms with van der Waals surface area (Å²) >= 11 is 5.97. The first-order chi connectivity index (χ1) is 11.9. The fourth-order valence-electron chi connectivity index (χ4n) is 2.37. The van der Waals surface area contributed by atoms with Crippen LogP contribution in [-0.2, 0) is 4.79 Å². The molecule has 0 radical (unpaired) electrons. The third-order valence-corrected chi connectivity index (χ3v) is 4.25. The molecular weight excluding hydrogens is 340 g/mol. The van der Waals surface area contributed by atoms with Gasteiger partial charge in [0.2, 0.25) is 5.91 Å². The van der Waals surface area contributed by atoms with Gasteiger partial charge in [0, 0.05) is 5.69 Å². The van der Waals surface area contributed by atoms with Crippen LogP contribution in [0.1, 0.15) is 42.1 Å². The molecule has 0 heterocycles. The van der Waals surface area contributed by atoms with Crippen LogP contribution < -0.4 is 15.8 Å². The minimum absolute atomic E-state index is 0.122. The molecule has 2 aromatic carbocycles. The first kappa shape index (κ1) is 18.8. The maximum absolute atomic E-state index is 12.1. The number of primary amides is 1. The van der Waals surface area contributed by atoms with Crippen molar-refractivity contribution < 1.29 is 14.3 Å². The van der Waals surface area contributed by atoms with Gasteiger partial charge in [-0.25, -0.2) is 0 Å². The van der Waals surface area contributed by atoms with Crippen LogP contribution in [0.2, 0.25) is 5.02 Å². The molecule has 3 N–H and O–H groups in total. The van der Waals surface area contributed by atoms with Gasteiger partial charge in [-0.1, -0.05) is 43.6 Å². The molecule has 25 heavy (non-hydrogen) atoms. The van der Waals surface area contributed by atoms with Crippen LogP contribution >= 0.6 is 11.6 Å². The van der Waals surface area contributed by atoms with Crippen molar-refractivity contribution in [1.29, 1.82) is 0 Å². The average molecular weight is 361 g/mol. The average Bonchev–Trinajstić information content (AvgIpc) is 2.59. The first-order valence-electron chi connectivity index (χ1n) is 8.03. The van der Waals surface area contributed by atoms with Crippen molar-refractivity contribution in [2.75, 3.05) is 11.9 Å². The summed E-state index contributed by atoms with van der Waals surface area (Å²) in [7, 11) is 0. The molecule has 1 atom stereocenters. The highest BCUT2D eigenvalue weighted by atomic mass is 35.5. The number of carbonyl (C=O) groups excluding carboxylic acids is 2. The second kappa shape index (κ2) is 8.53. The molecule has 0 aliphatic heterocycles. The van der Waals surface area contributed by atoms with Crippen molar-refractivity contribution in [3.05, 3.63) is 58.6 Å². The Bertz CT molecular complexity index is 777. The fourth-order valence-corrected chi connectivity index (χ4v) is 2.65. The van der Waals surface area contributed by atoms with Crippen LogP contribution in [0.5, 0.6) is 5.75 Å². The van der Waals surface area contributed by atoms with Crippen LogP contribution in [0.3, 0.4) is 0 Å². The number of benzene rings is 2. The quantitative estimate of drug-likeness (QED) is 0.783. The molecule has 6 heteroatoms. The molecule has 1 unspecified atom stereocenters. The maximum atomic E-state index is 12.1. The third kappa shape index (κ3) is 4.97. The summed E-state index contributed by atoms with van der Waals surface area (Å²) in [6.07, 6.45) is 0.983. The summed E-state index contributed by atoms with van der Waals surface area (Å²) in [5, 5.41) is 2.87. The molecule has 132 valence electrons. The lowest BCUT2D eigenvalue weighted by atomic mass is 9.98. The van der Waals surface area contributed by atoms with E-state index < -0.39 is 5.91 Å². The number of para-hydroxylation sites is 1. The van der Waals surface area contributed by atoms with Gasteiger partial charge in [-0.05, 0) is 42.2 Å². The summed E-state index contributed by atoms with van der Waals surface area (Å²) in [5.41, 5.74) is 6.95. The molecular formula is C19H21ClN2O3. The second-order valence-corrected chi connectivity index (χ2v) is 6.15. The number of hydrogen-bond donors (Lipinski definition) is 2. The second-order valence-electron chi connectivity index (χ2n) is 5.74. The minimum atomic E-state index is -0.618. The SMILES string of the molecule is CCC(C)c1ccccc1OCC(=O)Nc1ccc(C(N)=O)c(Cl)c1. The van der Waals surface area contributed by atoms with Crippen molar-refractivity contribution in [2.24, 2.45) is 5.73 Å². The predicted octanol–water partition coefficient (Wildman–Crippen LogP) is 3.97. The smallest absolute Gasteiger partial charge is 0.262 e. The molecule has 0 bridgehead atoms. The Labute approximate surface area is 152 Å². The Balaban J connectivity index is 2.00. The van der Waals surface area contributed by atoms with Gasteiger partial charge in [0.15, 0.2) is 6.61 Å². The van der Waals surface area contributed by atoms with Crippen LogP contribution in [0.4, 0.5) is 5.69 Å². The molecule has 0 aromatic heterocycles. The van der Waals surface area contributed by atoms with Crippen LogP contribution in [0.15, 0.2) is 42.5 Å². The molecule has 0 saturated heterocycles. The van der Waals surface area contributed by atoms with Gasteiger partial charge in [-0.15, -0.1) is 0 Å². The van der Waals surface area contributed by atoms with Gasteiger partial charge in [0.25, 0.3) is 5.91 Å². The summed E-state index contributed by atoms with van der Waals surface area (Å²) in [5.74, 6) is 0.114. The number of amides is 2. The zero-order valence-corrected chi connectivity index (χ0v) is 15.0. The van der Waals surface area contributed by atoms with Gasteiger partial charge >= 0.3 is 0 Å². The Hall–Kier alpha value is -2.53.